The molecule has 0 amide bonds. The van der Waals surface area contributed by atoms with E-state index in [9.17, 15) is 5.11 Å². The molecule has 0 aliphatic carbocycles. The zero-order valence-electron chi connectivity index (χ0n) is 10.8. The SMILES string of the molecule is CC1(C)O[C@H]2[C@H](O)CN(CCCN=[N+]=[N-])C[C@H]2O1. The van der Waals surface area contributed by atoms with Gasteiger partial charge in [0.25, 0.3) is 0 Å². The van der Waals surface area contributed by atoms with Gasteiger partial charge in [0.05, 0.1) is 6.10 Å². The molecule has 7 nitrogen and oxygen atoms in total. The summed E-state index contributed by atoms with van der Waals surface area (Å²) in [7, 11) is 0. The van der Waals surface area contributed by atoms with Crippen molar-refractivity contribution in [2.45, 2.75) is 44.4 Å². The molecule has 2 fully saturated rings. The van der Waals surface area contributed by atoms with Crippen LogP contribution in [-0.2, 0) is 9.47 Å². The maximum absolute atomic E-state index is 10.1. The lowest BCUT2D eigenvalue weighted by Crippen LogP contribution is -2.54. The van der Waals surface area contributed by atoms with E-state index in [1.165, 1.54) is 0 Å². The Labute approximate surface area is 106 Å². The van der Waals surface area contributed by atoms with E-state index in [2.05, 4.69) is 14.9 Å². The minimum absolute atomic E-state index is 0.0804. The van der Waals surface area contributed by atoms with Gasteiger partial charge in [-0.25, -0.2) is 0 Å². The maximum Gasteiger partial charge on any atom is 0.163 e. The summed E-state index contributed by atoms with van der Waals surface area (Å²) < 4.78 is 11.5. The number of rotatable bonds is 4. The van der Waals surface area contributed by atoms with Gasteiger partial charge >= 0.3 is 0 Å². The number of β-amino-alcohol motifs (C(OH)–C–C–N with tert-alkyl or cyclic N) is 1. The monoisotopic (exact) mass is 256 g/mol. The van der Waals surface area contributed by atoms with E-state index in [4.69, 9.17) is 15.0 Å². The molecule has 0 aromatic carbocycles. The van der Waals surface area contributed by atoms with Gasteiger partial charge in [0.1, 0.15) is 12.2 Å². The molecule has 0 bridgehead atoms. The first-order valence-electron chi connectivity index (χ1n) is 6.29. The Morgan fingerprint density at radius 2 is 2.22 bits per heavy atom. The molecule has 2 aliphatic rings. The van der Waals surface area contributed by atoms with E-state index in [1.54, 1.807) is 0 Å². The molecule has 0 unspecified atom stereocenters. The summed E-state index contributed by atoms with van der Waals surface area (Å²) in [5, 5.41) is 13.6. The van der Waals surface area contributed by atoms with Crippen LogP contribution in [0, 0.1) is 0 Å². The average molecular weight is 256 g/mol. The van der Waals surface area contributed by atoms with Gasteiger partial charge in [0.15, 0.2) is 5.79 Å². The van der Waals surface area contributed by atoms with Gasteiger partial charge in [-0.3, -0.25) is 4.90 Å². The second-order valence-corrected chi connectivity index (χ2v) is 5.27. The molecule has 0 radical (unpaired) electrons. The van der Waals surface area contributed by atoms with Crippen LogP contribution in [0.3, 0.4) is 0 Å². The third kappa shape index (κ3) is 3.13. The highest BCUT2D eigenvalue weighted by molar-refractivity contribution is 4.94. The second-order valence-electron chi connectivity index (χ2n) is 5.27. The van der Waals surface area contributed by atoms with Gasteiger partial charge in [0, 0.05) is 24.5 Å². The van der Waals surface area contributed by atoms with Crippen LogP contribution in [0.15, 0.2) is 5.11 Å². The van der Waals surface area contributed by atoms with E-state index >= 15 is 0 Å². The Morgan fingerprint density at radius 1 is 1.44 bits per heavy atom. The first-order valence-corrected chi connectivity index (χ1v) is 6.29. The van der Waals surface area contributed by atoms with E-state index in [-0.39, 0.29) is 12.2 Å². The van der Waals surface area contributed by atoms with Crippen molar-refractivity contribution in [2.24, 2.45) is 5.11 Å². The summed E-state index contributed by atoms with van der Waals surface area (Å²) in [4.78, 5) is 4.85. The number of likely N-dealkylation sites (tertiary alicyclic amines) is 1. The molecule has 18 heavy (non-hydrogen) atoms. The Balaban J connectivity index is 1.85. The number of azide groups is 1. The lowest BCUT2D eigenvalue weighted by molar-refractivity contribution is -0.152. The van der Waals surface area contributed by atoms with Gasteiger partial charge in [-0.1, -0.05) is 5.11 Å². The van der Waals surface area contributed by atoms with Crippen LogP contribution in [-0.4, -0.2) is 60.3 Å². The number of aliphatic hydroxyl groups excluding tert-OH is 1. The van der Waals surface area contributed by atoms with E-state index in [0.717, 1.165) is 19.5 Å². The summed E-state index contributed by atoms with van der Waals surface area (Å²) in [6, 6.07) is 0. The van der Waals surface area contributed by atoms with Crippen molar-refractivity contribution in [3.05, 3.63) is 10.4 Å². The van der Waals surface area contributed by atoms with Crippen molar-refractivity contribution in [3.63, 3.8) is 0 Å². The van der Waals surface area contributed by atoms with Crippen LogP contribution in [0.5, 0.6) is 0 Å². The Kier molecular flexibility index (Phi) is 4.09. The minimum atomic E-state index is -0.614. The first kappa shape index (κ1) is 13.6. The number of piperidine rings is 1. The van der Waals surface area contributed by atoms with Crippen LogP contribution < -0.4 is 0 Å². The first-order chi connectivity index (χ1) is 8.52. The fourth-order valence-electron chi connectivity index (χ4n) is 2.62. The molecule has 2 saturated heterocycles. The topological polar surface area (TPSA) is 90.7 Å². The highest BCUT2D eigenvalue weighted by Gasteiger charge is 2.48. The van der Waals surface area contributed by atoms with Gasteiger partial charge in [-0.15, -0.1) is 0 Å². The predicted octanol–water partition coefficient (Wildman–Crippen LogP) is 0.883. The largest absolute Gasteiger partial charge is 0.389 e. The lowest BCUT2D eigenvalue weighted by Gasteiger charge is -2.36. The van der Waals surface area contributed by atoms with Crippen LogP contribution in [0.2, 0.25) is 0 Å². The quantitative estimate of drug-likeness (QED) is 0.350. The van der Waals surface area contributed by atoms with Crippen molar-refractivity contribution in [1.82, 2.24) is 4.90 Å². The summed E-state index contributed by atoms with van der Waals surface area (Å²) >= 11 is 0. The number of aliphatic hydroxyl groups is 1. The Morgan fingerprint density at radius 3 is 2.94 bits per heavy atom. The van der Waals surface area contributed by atoms with Gasteiger partial charge in [0.2, 0.25) is 0 Å². The molecule has 0 saturated carbocycles. The van der Waals surface area contributed by atoms with E-state index in [1.807, 2.05) is 13.8 Å². The molecular formula is C11H20N4O3. The molecule has 0 aromatic heterocycles. The van der Waals surface area contributed by atoms with Crippen LogP contribution in [0.25, 0.3) is 10.4 Å². The molecule has 2 rings (SSSR count). The van der Waals surface area contributed by atoms with E-state index in [0.29, 0.717) is 13.1 Å². The summed E-state index contributed by atoms with van der Waals surface area (Å²) in [6.45, 7) is 6.34. The highest BCUT2D eigenvalue weighted by Crippen LogP contribution is 2.33. The third-order valence-corrected chi connectivity index (χ3v) is 3.28. The zero-order valence-corrected chi connectivity index (χ0v) is 10.8. The van der Waals surface area contributed by atoms with Crippen molar-refractivity contribution in [3.8, 4) is 0 Å². The average Bonchev–Trinajstić information content (AvgIpc) is 2.60. The summed E-state index contributed by atoms with van der Waals surface area (Å²) in [5.41, 5.74) is 8.19. The van der Waals surface area contributed by atoms with Crippen LogP contribution in [0.1, 0.15) is 20.3 Å². The number of hydrogen-bond acceptors (Lipinski definition) is 5. The molecule has 102 valence electrons. The maximum atomic E-state index is 10.1. The van der Waals surface area contributed by atoms with E-state index < -0.39 is 11.9 Å². The zero-order chi connectivity index (χ0) is 13.2. The highest BCUT2D eigenvalue weighted by atomic mass is 16.8. The van der Waals surface area contributed by atoms with Crippen molar-refractivity contribution >= 4 is 0 Å². The molecule has 0 spiro atoms. The standard InChI is InChI=1S/C11H20N4O3/c1-11(2)17-9-7-15(5-3-4-13-14-12)6-8(16)10(9)18-11/h8-10,16H,3-7H2,1-2H3/t8-,9-,10+/m1/s1. The summed E-state index contributed by atoms with van der Waals surface area (Å²) in [6.07, 6.45) is -0.0418. The van der Waals surface area contributed by atoms with Gasteiger partial charge in [-0.2, -0.15) is 0 Å². The van der Waals surface area contributed by atoms with Crippen molar-refractivity contribution in [2.75, 3.05) is 26.2 Å². The smallest absolute Gasteiger partial charge is 0.163 e. The Bertz CT molecular complexity index is 343. The second kappa shape index (κ2) is 5.42. The minimum Gasteiger partial charge on any atom is -0.389 e. The fourth-order valence-corrected chi connectivity index (χ4v) is 2.62. The Hall–Kier alpha value is -0.850. The molecule has 7 heteroatoms. The normalized spacial score (nSPS) is 34.9. The number of fused-ring (bicyclic) bond motifs is 1. The van der Waals surface area contributed by atoms with Gasteiger partial charge in [-0.05, 0) is 32.3 Å². The van der Waals surface area contributed by atoms with Crippen molar-refractivity contribution < 1.29 is 14.6 Å². The third-order valence-electron chi connectivity index (χ3n) is 3.28. The van der Waals surface area contributed by atoms with Crippen LogP contribution >= 0.6 is 0 Å². The predicted molar refractivity (Wildman–Crippen MR) is 64.9 cm³/mol. The molecule has 0 aromatic rings. The molecule has 1 N–H and O–H groups in total. The number of nitrogens with zero attached hydrogens (tertiary/aromatic N) is 4. The van der Waals surface area contributed by atoms with Crippen LogP contribution in [0.4, 0.5) is 0 Å². The molecular weight excluding hydrogens is 236 g/mol. The summed E-state index contributed by atoms with van der Waals surface area (Å²) in [5.74, 6) is -0.614. The molecule has 2 heterocycles. The molecule has 3 atom stereocenters. The number of hydrogen-bond donors (Lipinski definition) is 1. The molecule has 2 aliphatic heterocycles. The van der Waals surface area contributed by atoms with Gasteiger partial charge < -0.3 is 14.6 Å². The fraction of sp³-hybridized carbons (Fsp3) is 1.00. The lowest BCUT2D eigenvalue weighted by atomic mass is 10.0. The number of ether oxygens (including phenoxy) is 2. The van der Waals surface area contributed by atoms with Crippen molar-refractivity contribution in [1.29, 1.82) is 0 Å².